The summed E-state index contributed by atoms with van der Waals surface area (Å²) in [6.07, 6.45) is 7.22. The number of hydrogen-bond acceptors (Lipinski definition) is 5. The fraction of sp³-hybridized carbons (Fsp3) is 0.450. The molecule has 2 aliphatic heterocycles. The van der Waals surface area contributed by atoms with Gasteiger partial charge in [-0.3, -0.25) is 14.7 Å². The second kappa shape index (κ2) is 8.00. The first-order chi connectivity index (χ1) is 13.2. The van der Waals surface area contributed by atoms with Crippen LogP contribution in [0.4, 0.5) is 4.39 Å². The lowest BCUT2D eigenvalue weighted by Crippen LogP contribution is -2.28. The number of rotatable bonds is 5. The highest BCUT2D eigenvalue weighted by Crippen LogP contribution is 2.25. The Morgan fingerprint density at radius 1 is 1.07 bits per heavy atom. The number of hydrogen-bond donors (Lipinski definition) is 0. The van der Waals surface area contributed by atoms with Gasteiger partial charge in [-0.25, -0.2) is 9.37 Å². The van der Waals surface area contributed by atoms with Gasteiger partial charge >= 0.3 is 0 Å². The lowest BCUT2D eigenvalue weighted by Gasteiger charge is -2.16. The first-order valence-electron chi connectivity index (χ1n) is 9.49. The van der Waals surface area contributed by atoms with Gasteiger partial charge in [-0.05, 0) is 56.5 Å². The molecule has 0 aliphatic carbocycles. The van der Waals surface area contributed by atoms with Crippen LogP contribution in [0.1, 0.15) is 41.7 Å². The van der Waals surface area contributed by atoms with E-state index in [0.29, 0.717) is 0 Å². The highest BCUT2D eigenvalue weighted by molar-refractivity contribution is 5.92. The van der Waals surface area contributed by atoms with E-state index in [1.165, 1.54) is 31.3 Å². The van der Waals surface area contributed by atoms with Crippen LogP contribution < -0.4 is 4.74 Å². The fourth-order valence-electron chi connectivity index (χ4n) is 3.62. The Hall–Kier alpha value is -2.54. The van der Waals surface area contributed by atoms with Crippen LogP contribution in [0, 0.1) is 5.82 Å². The summed E-state index contributed by atoms with van der Waals surface area (Å²) in [5.41, 5.74) is 1.14. The van der Waals surface area contributed by atoms with Crippen LogP contribution >= 0.6 is 0 Å². The monoisotopic (exact) mass is 370 g/mol. The summed E-state index contributed by atoms with van der Waals surface area (Å²) in [7, 11) is 0. The Morgan fingerprint density at radius 2 is 1.81 bits per heavy atom. The first-order valence-corrected chi connectivity index (χ1v) is 9.49. The number of aromatic nitrogens is 2. The van der Waals surface area contributed by atoms with Gasteiger partial charge in [0.2, 0.25) is 5.88 Å². The normalized spacial score (nSPS) is 17.4. The predicted molar refractivity (Wildman–Crippen MR) is 98.2 cm³/mol. The molecule has 27 heavy (non-hydrogen) atoms. The molecule has 0 spiro atoms. The predicted octanol–water partition coefficient (Wildman–Crippen LogP) is 3.24. The summed E-state index contributed by atoms with van der Waals surface area (Å²) in [6, 6.07) is 4.97. The zero-order valence-electron chi connectivity index (χ0n) is 15.2. The van der Waals surface area contributed by atoms with Crippen molar-refractivity contribution in [1.82, 2.24) is 19.8 Å². The van der Waals surface area contributed by atoms with Gasteiger partial charge < -0.3 is 9.64 Å². The van der Waals surface area contributed by atoms with E-state index in [1.807, 2.05) is 6.07 Å². The molecule has 1 aromatic heterocycles. The number of carbonyl (C=O) groups excluding carboxylic acids is 1. The lowest BCUT2D eigenvalue weighted by molar-refractivity contribution is 0.0785. The number of halogens is 1. The number of ether oxygens (including phenoxy) is 1. The molecular weight excluding hydrogens is 347 g/mol. The molecule has 2 saturated heterocycles. The van der Waals surface area contributed by atoms with Crippen LogP contribution in [0.25, 0.3) is 0 Å². The molecule has 142 valence electrons. The van der Waals surface area contributed by atoms with Crippen molar-refractivity contribution in [2.24, 2.45) is 0 Å². The Bertz CT molecular complexity index is 817. The Morgan fingerprint density at radius 3 is 2.56 bits per heavy atom. The van der Waals surface area contributed by atoms with Crippen molar-refractivity contribution in [2.45, 2.75) is 32.2 Å². The Kier molecular flexibility index (Phi) is 5.29. The summed E-state index contributed by atoms with van der Waals surface area (Å²) in [4.78, 5) is 24.7. The van der Waals surface area contributed by atoms with Crippen LogP contribution in [-0.2, 0) is 6.54 Å². The molecule has 1 aromatic carbocycles. The second-order valence-electron chi connectivity index (χ2n) is 7.09. The van der Waals surface area contributed by atoms with Crippen molar-refractivity contribution in [2.75, 3.05) is 26.2 Å². The molecular formula is C20H23FN4O2. The SMILES string of the molecule is O=C(c1cncc(Oc2ccc(CN3CCCC3)cc2F)n1)N1CCCC1. The molecule has 0 atom stereocenters. The molecule has 2 aromatic rings. The van der Waals surface area contributed by atoms with Crippen LogP contribution in [-0.4, -0.2) is 51.9 Å². The standard InChI is InChI=1S/C20H23FN4O2/c21-16-11-15(14-24-7-1-2-8-24)5-6-18(16)27-19-13-22-12-17(23-19)20(26)25-9-3-4-10-25/h5-6,11-13H,1-4,7-10,14H2. The number of carbonyl (C=O) groups is 1. The van der Waals surface area contributed by atoms with Crippen LogP contribution in [0.5, 0.6) is 11.6 Å². The average molecular weight is 370 g/mol. The summed E-state index contributed by atoms with van der Waals surface area (Å²) < 4.78 is 20.0. The summed E-state index contributed by atoms with van der Waals surface area (Å²) in [5, 5.41) is 0. The van der Waals surface area contributed by atoms with Crippen molar-refractivity contribution >= 4 is 5.91 Å². The summed E-state index contributed by atoms with van der Waals surface area (Å²) in [5.74, 6) is -0.400. The third-order valence-corrected chi connectivity index (χ3v) is 5.04. The van der Waals surface area contributed by atoms with Gasteiger partial charge in [0.1, 0.15) is 0 Å². The van der Waals surface area contributed by atoms with Crippen molar-refractivity contribution in [3.63, 3.8) is 0 Å². The third kappa shape index (κ3) is 4.24. The fourth-order valence-corrected chi connectivity index (χ4v) is 3.62. The van der Waals surface area contributed by atoms with E-state index >= 15 is 0 Å². The summed E-state index contributed by atoms with van der Waals surface area (Å²) >= 11 is 0. The van der Waals surface area contributed by atoms with Gasteiger partial charge in [-0.1, -0.05) is 6.07 Å². The molecule has 0 N–H and O–H groups in total. The molecule has 4 rings (SSSR count). The van der Waals surface area contributed by atoms with E-state index < -0.39 is 5.82 Å². The maximum Gasteiger partial charge on any atom is 0.274 e. The highest BCUT2D eigenvalue weighted by Gasteiger charge is 2.21. The molecule has 6 nitrogen and oxygen atoms in total. The van der Waals surface area contributed by atoms with Crippen molar-refractivity contribution in [3.05, 3.63) is 47.7 Å². The zero-order valence-corrected chi connectivity index (χ0v) is 15.2. The molecule has 0 unspecified atom stereocenters. The lowest BCUT2D eigenvalue weighted by atomic mass is 10.2. The van der Waals surface area contributed by atoms with Gasteiger partial charge in [0.25, 0.3) is 5.91 Å². The first kappa shape index (κ1) is 17.9. The molecule has 2 aliphatic rings. The molecule has 2 fully saturated rings. The third-order valence-electron chi connectivity index (χ3n) is 5.04. The van der Waals surface area contributed by atoms with Gasteiger partial charge in [0, 0.05) is 19.6 Å². The van der Waals surface area contributed by atoms with Gasteiger partial charge in [0.15, 0.2) is 17.3 Å². The van der Waals surface area contributed by atoms with Crippen LogP contribution in [0.15, 0.2) is 30.6 Å². The minimum absolute atomic E-state index is 0.0836. The number of likely N-dealkylation sites (tertiary alicyclic amines) is 2. The number of amides is 1. The van der Waals surface area contributed by atoms with Crippen molar-refractivity contribution in [3.8, 4) is 11.6 Å². The zero-order chi connectivity index (χ0) is 18.6. The summed E-state index contributed by atoms with van der Waals surface area (Å²) in [6.45, 7) is 4.34. The molecule has 0 saturated carbocycles. The molecule has 7 heteroatoms. The highest BCUT2D eigenvalue weighted by atomic mass is 19.1. The van der Waals surface area contributed by atoms with E-state index in [1.54, 1.807) is 11.0 Å². The maximum atomic E-state index is 14.4. The second-order valence-corrected chi connectivity index (χ2v) is 7.09. The van der Waals surface area contributed by atoms with Crippen molar-refractivity contribution in [1.29, 1.82) is 0 Å². The number of benzene rings is 1. The minimum atomic E-state index is -0.440. The molecule has 1 amide bonds. The smallest absolute Gasteiger partial charge is 0.274 e. The molecule has 3 heterocycles. The van der Waals surface area contributed by atoms with Crippen LogP contribution in [0.2, 0.25) is 0 Å². The van der Waals surface area contributed by atoms with Gasteiger partial charge in [-0.15, -0.1) is 0 Å². The van der Waals surface area contributed by atoms with E-state index in [9.17, 15) is 9.18 Å². The minimum Gasteiger partial charge on any atom is -0.434 e. The van der Waals surface area contributed by atoms with E-state index in [4.69, 9.17) is 4.74 Å². The van der Waals surface area contributed by atoms with Crippen molar-refractivity contribution < 1.29 is 13.9 Å². The van der Waals surface area contributed by atoms with Crippen LogP contribution in [0.3, 0.4) is 0 Å². The maximum absolute atomic E-state index is 14.4. The molecule has 0 bridgehead atoms. The number of nitrogens with zero attached hydrogens (tertiary/aromatic N) is 4. The van der Waals surface area contributed by atoms with E-state index in [2.05, 4.69) is 14.9 Å². The molecule has 0 radical (unpaired) electrons. The largest absolute Gasteiger partial charge is 0.434 e. The topological polar surface area (TPSA) is 58.6 Å². The van der Waals surface area contributed by atoms with E-state index in [0.717, 1.165) is 51.1 Å². The Labute approximate surface area is 158 Å². The van der Waals surface area contributed by atoms with Gasteiger partial charge in [0.05, 0.1) is 12.4 Å². The van der Waals surface area contributed by atoms with Gasteiger partial charge in [-0.2, -0.15) is 0 Å². The average Bonchev–Trinajstić information content (AvgIpc) is 3.38. The quantitative estimate of drug-likeness (QED) is 0.809. The van der Waals surface area contributed by atoms with E-state index in [-0.39, 0.29) is 23.2 Å². The Balaban J connectivity index is 1.45.